The fourth-order valence-corrected chi connectivity index (χ4v) is 3.73. The van der Waals surface area contributed by atoms with Crippen LogP contribution in [0.3, 0.4) is 0 Å². The Labute approximate surface area is 138 Å². The van der Waals surface area contributed by atoms with Crippen LogP contribution in [0.25, 0.3) is 0 Å². The van der Waals surface area contributed by atoms with E-state index >= 15 is 0 Å². The second-order valence-electron chi connectivity index (χ2n) is 5.88. The summed E-state index contributed by atoms with van der Waals surface area (Å²) in [6.45, 7) is -0.543. The van der Waals surface area contributed by atoms with Gasteiger partial charge in [0, 0.05) is 6.00 Å². The van der Waals surface area contributed by atoms with Crippen molar-refractivity contribution >= 4 is 30.6 Å². The van der Waals surface area contributed by atoms with E-state index in [1.165, 1.54) is 0 Å². The molecule has 2 aliphatic rings. The third-order valence-corrected chi connectivity index (χ3v) is 5.14. The first-order valence-corrected chi connectivity index (χ1v) is 9.17. The van der Waals surface area contributed by atoms with Crippen molar-refractivity contribution in [2.75, 3.05) is 13.2 Å². The molecule has 0 spiro atoms. The van der Waals surface area contributed by atoms with Crippen molar-refractivity contribution in [2.24, 2.45) is 0 Å². The molecule has 2 saturated heterocycles. The van der Waals surface area contributed by atoms with Crippen LogP contribution in [-0.4, -0.2) is 100 Å². The van der Waals surface area contributed by atoms with Crippen LogP contribution in [0.15, 0.2) is 0 Å². The van der Waals surface area contributed by atoms with E-state index in [9.17, 15) is 19.7 Å². The second kappa shape index (κ2) is 7.99. The number of hydrogen-bond donors (Lipinski definition) is 4. The molecule has 8 atom stereocenters. The summed E-state index contributed by atoms with van der Waals surface area (Å²) in [5, 5.41) is 24.0. The van der Waals surface area contributed by atoms with Gasteiger partial charge >= 0.3 is 7.82 Å². The fraction of sp³-hybridized carbons (Fsp3) is 1.00. The molecule has 2 aliphatic heterocycles. The lowest BCUT2D eigenvalue weighted by Crippen LogP contribution is -2.36. The summed E-state index contributed by atoms with van der Waals surface area (Å²) in [6.07, 6.45) is -4.24. The molecule has 3 unspecified atom stereocenters. The average Bonchev–Trinajstić information content (AvgIpc) is 3.01. The van der Waals surface area contributed by atoms with E-state index in [0.717, 1.165) is 7.17 Å². The van der Waals surface area contributed by atoms with Gasteiger partial charge in [-0.1, -0.05) is 0 Å². The number of phosphoric ester groups is 1. The summed E-state index contributed by atoms with van der Waals surface area (Å²) >= 11 is 0. The van der Waals surface area contributed by atoms with Crippen LogP contribution in [0.2, 0.25) is 0 Å². The summed E-state index contributed by atoms with van der Waals surface area (Å²) in [5.74, 6) is 0. The molecule has 130 valence electrons. The van der Waals surface area contributed by atoms with Gasteiger partial charge in [0.1, 0.15) is 39.4 Å². The Bertz CT molecular complexity index is 463. The number of hydrogen-bond acceptors (Lipinski definition) is 8. The number of ether oxygens (including phenoxy) is 2. The van der Waals surface area contributed by atoms with E-state index in [1.54, 1.807) is 7.85 Å². The molecule has 13 heteroatoms. The number of phosphoric acid groups is 1. The molecule has 2 rings (SSSR count). The van der Waals surface area contributed by atoms with Gasteiger partial charge in [-0.2, -0.15) is 0 Å². The lowest BCUT2D eigenvalue weighted by Gasteiger charge is -2.23. The van der Waals surface area contributed by atoms with Crippen LogP contribution < -0.4 is 0 Å². The molecule has 0 radical (unpaired) electrons. The van der Waals surface area contributed by atoms with Crippen LogP contribution in [0.1, 0.15) is 6.42 Å². The molecular weight excluding hydrogens is 328 g/mol. The van der Waals surface area contributed by atoms with Crippen LogP contribution in [0.4, 0.5) is 0 Å². The number of rotatable bonds is 8. The maximum atomic E-state index is 12.1. The van der Waals surface area contributed by atoms with Crippen molar-refractivity contribution in [2.45, 2.75) is 48.9 Å². The highest BCUT2D eigenvalue weighted by molar-refractivity contribution is 7.47. The minimum absolute atomic E-state index is 0.114. The Morgan fingerprint density at radius 1 is 1.39 bits per heavy atom. The average molecular weight is 351 g/mol. The zero-order valence-electron chi connectivity index (χ0n) is 14.1. The summed E-state index contributed by atoms with van der Waals surface area (Å²) in [6, 6.07) is -0.752. The minimum Gasteiger partial charge on any atom is -0.394 e. The van der Waals surface area contributed by atoms with Gasteiger partial charge in [-0.3, -0.25) is 9.05 Å². The van der Waals surface area contributed by atoms with Gasteiger partial charge in [-0.15, -0.1) is 0 Å². The smallest absolute Gasteiger partial charge is 0.394 e. The standard InChI is InChI=1S/C10H22B3O9P/c11-10-8(16)9(5(2-14)21-10)22-23(17,18)19-3-6-4(15)1-7(13-12)20-6/h4-10,13-16H,1-3,11-12H2,(H,17,18)/t4?,5-,6-,7-,8+,9?,10-/m1/s1/i14D. The van der Waals surface area contributed by atoms with Crippen LogP contribution in [-0.2, 0) is 23.1 Å². The van der Waals surface area contributed by atoms with Crippen molar-refractivity contribution in [3.05, 3.63) is 0 Å². The Balaban J connectivity index is 1.89. The maximum Gasteiger partial charge on any atom is 0.472 e. The van der Waals surface area contributed by atoms with Crippen molar-refractivity contribution in [3.8, 4) is 0 Å². The van der Waals surface area contributed by atoms with Gasteiger partial charge in [0.2, 0.25) is 1.43 Å². The largest absolute Gasteiger partial charge is 0.472 e. The lowest BCUT2D eigenvalue weighted by molar-refractivity contribution is -0.0311. The molecule has 2 heterocycles. The molecule has 0 aromatic carbocycles. The zero-order chi connectivity index (χ0) is 17.9. The Morgan fingerprint density at radius 3 is 2.74 bits per heavy atom. The van der Waals surface area contributed by atoms with Crippen molar-refractivity contribution in [1.82, 2.24) is 0 Å². The lowest BCUT2D eigenvalue weighted by atomic mass is 9.51. The highest BCUT2D eigenvalue weighted by atomic mass is 31.2. The van der Waals surface area contributed by atoms with Crippen molar-refractivity contribution in [1.29, 1.82) is 1.43 Å². The van der Waals surface area contributed by atoms with Gasteiger partial charge in [0.25, 0.3) is 0 Å². The van der Waals surface area contributed by atoms with Crippen molar-refractivity contribution in [3.63, 3.8) is 0 Å². The van der Waals surface area contributed by atoms with Gasteiger partial charge < -0.3 is 29.7 Å². The summed E-state index contributed by atoms with van der Waals surface area (Å²) < 4.78 is 39.6. The maximum absolute atomic E-state index is 12.1. The molecule has 0 bridgehead atoms. The van der Waals surface area contributed by atoms with Gasteiger partial charge in [0.05, 0.1) is 33.1 Å². The molecule has 2 fully saturated rings. The SMILES string of the molecule is [2H]OC[C@H]1O[C@@H](B)[C@@H](O)C1OP(=O)(O)OC[C@H]1O[C@@H](BB)CC1O. The van der Waals surface area contributed by atoms with Crippen LogP contribution >= 0.6 is 7.82 Å². The molecule has 0 aromatic heterocycles. The van der Waals surface area contributed by atoms with Gasteiger partial charge in [-0.25, -0.2) is 4.57 Å². The van der Waals surface area contributed by atoms with Gasteiger partial charge in [-0.05, 0) is 6.42 Å². The first kappa shape index (κ1) is 17.9. The Morgan fingerprint density at radius 2 is 2.13 bits per heavy atom. The first-order valence-electron chi connectivity index (χ1n) is 8.09. The third kappa shape index (κ3) is 4.81. The predicted octanol–water partition coefficient (Wildman–Crippen LogP) is -4.34. The monoisotopic (exact) mass is 351 g/mol. The Kier molecular flexibility index (Phi) is 6.22. The first-order chi connectivity index (χ1) is 11.3. The molecule has 0 aromatic rings. The predicted molar refractivity (Wildman–Crippen MR) is 85.9 cm³/mol. The molecule has 4 N–H and O–H groups in total. The Hall–Kier alpha value is 0.105. The third-order valence-electron chi connectivity index (χ3n) is 4.15. The number of aliphatic hydroxyl groups excluding tert-OH is 3. The summed E-state index contributed by atoms with van der Waals surface area (Å²) in [5.41, 5.74) is 0. The summed E-state index contributed by atoms with van der Waals surface area (Å²) in [4.78, 5) is 9.85. The second-order valence-corrected chi connectivity index (χ2v) is 7.29. The van der Waals surface area contributed by atoms with E-state index in [2.05, 4.69) is 5.11 Å². The van der Waals surface area contributed by atoms with Crippen LogP contribution in [0.5, 0.6) is 0 Å². The van der Waals surface area contributed by atoms with Crippen LogP contribution in [0, 0.1) is 0 Å². The highest BCUT2D eigenvalue weighted by Crippen LogP contribution is 2.47. The van der Waals surface area contributed by atoms with E-state index in [1.807, 2.05) is 7.74 Å². The molecule has 0 aliphatic carbocycles. The molecule has 23 heavy (non-hydrogen) atoms. The zero-order valence-corrected chi connectivity index (χ0v) is 14.0. The topological polar surface area (TPSA) is 135 Å². The van der Waals surface area contributed by atoms with E-state index < -0.39 is 44.3 Å². The molecule has 9 nitrogen and oxygen atoms in total. The quantitative estimate of drug-likeness (QED) is 0.253. The van der Waals surface area contributed by atoms with E-state index in [-0.39, 0.29) is 19.2 Å². The molecule has 0 amide bonds. The fourth-order valence-electron chi connectivity index (χ4n) is 2.76. The molecular formula is C10H22B3O9P. The van der Waals surface area contributed by atoms with E-state index in [0.29, 0.717) is 6.42 Å². The highest BCUT2D eigenvalue weighted by Gasteiger charge is 2.46. The molecule has 0 saturated carbocycles. The normalized spacial score (nSPS) is 44.0. The van der Waals surface area contributed by atoms with Gasteiger partial charge in [0.15, 0.2) is 0 Å². The minimum atomic E-state index is -4.52. The summed E-state index contributed by atoms with van der Waals surface area (Å²) in [7, 11) is -0.315. The number of aliphatic hydroxyl groups is 3. The van der Waals surface area contributed by atoms with Crippen molar-refractivity contribution < 1.29 is 43.3 Å². The van der Waals surface area contributed by atoms with E-state index in [4.69, 9.17) is 20.0 Å².